The molecular weight excluding hydrogens is 146 g/mol. The Morgan fingerprint density at radius 2 is 2.30 bits per heavy atom. The van der Waals surface area contributed by atoms with Gasteiger partial charge in [0.25, 0.3) is 0 Å². The Labute approximate surface area is 64.5 Å². The average Bonchev–Trinajstić information content (AvgIpc) is 2.13. The van der Waals surface area contributed by atoms with Gasteiger partial charge in [-0.25, -0.2) is 0 Å². The molecule has 1 rings (SSSR count). The Bertz CT molecular complexity index is 207. The molecular formula is C7H11NOS. The summed E-state index contributed by atoms with van der Waals surface area (Å²) in [6.45, 7) is 4.13. The van der Waals surface area contributed by atoms with Crippen molar-refractivity contribution in [2.75, 3.05) is 5.32 Å². The van der Waals surface area contributed by atoms with Crippen molar-refractivity contribution in [1.82, 2.24) is 0 Å². The van der Waals surface area contributed by atoms with E-state index in [1.165, 1.54) is 11.3 Å². The van der Waals surface area contributed by atoms with E-state index in [1.54, 1.807) is 6.07 Å². The summed E-state index contributed by atoms with van der Waals surface area (Å²) in [4.78, 5) is 0. The molecule has 0 saturated heterocycles. The van der Waals surface area contributed by atoms with Crippen molar-refractivity contribution in [2.24, 2.45) is 0 Å². The zero-order valence-electron chi connectivity index (χ0n) is 6.09. The number of nitrogens with one attached hydrogen (secondary N) is 1. The third-order valence-electron chi connectivity index (χ3n) is 1.04. The van der Waals surface area contributed by atoms with E-state index in [9.17, 15) is 0 Å². The lowest BCUT2D eigenvalue weighted by Gasteiger charge is -2.05. The molecule has 56 valence electrons. The lowest BCUT2D eigenvalue weighted by Crippen LogP contribution is -2.08. The minimum Gasteiger partial charge on any atom is -0.499 e. The van der Waals surface area contributed by atoms with E-state index < -0.39 is 0 Å². The molecule has 0 unspecified atom stereocenters. The van der Waals surface area contributed by atoms with Crippen LogP contribution in [0, 0.1) is 0 Å². The molecule has 0 saturated carbocycles. The zero-order chi connectivity index (χ0) is 7.56. The maximum Gasteiger partial charge on any atom is 0.173 e. The summed E-state index contributed by atoms with van der Waals surface area (Å²) >= 11 is 1.34. The van der Waals surface area contributed by atoms with Gasteiger partial charge < -0.3 is 10.4 Å². The highest BCUT2D eigenvalue weighted by Crippen LogP contribution is 2.25. The van der Waals surface area contributed by atoms with Crippen molar-refractivity contribution in [1.29, 1.82) is 0 Å². The summed E-state index contributed by atoms with van der Waals surface area (Å²) in [7, 11) is 0. The molecule has 0 aliphatic heterocycles. The molecule has 0 atom stereocenters. The maximum absolute atomic E-state index is 8.94. The predicted octanol–water partition coefficient (Wildman–Crippen LogP) is 2.27. The van der Waals surface area contributed by atoms with Crippen molar-refractivity contribution < 1.29 is 5.11 Å². The normalized spacial score (nSPS) is 10.3. The Balaban J connectivity index is 2.58. The van der Waals surface area contributed by atoms with Crippen LogP contribution in [0.25, 0.3) is 0 Å². The first-order valence-corrected chi connectivity index (χ1v) is 4.10. The fourth-order valence-electron chi connectivity index (χ4n) is 0.734. The summed E-state index contributed by atoms with van der Waals surface area (Å²) < 4.78 is 0. The van der Waals surface area contributed by atoms with Crippen LogP contribution in [-0.2, 0) is 0 Å². The fourth-order valence-corrected chi connectivity index (χ4v) is 1.31. The van der Waals surface area contributed by atoms with Gasteiger partial charge in [-0.15, -0.1) is 11.3 Å². The van der Waals surface area contributed by atoms with Crippen LogP contribution in [0.3, 0.4) is 0 Å². The number of aromatic hydroxyl groups is 1. The standard InChI is InChI=1S/C7H11NOS/c1-5(2)8-6-3-7(9)10-4-6/h3-5,8-9H,1-2H3. The molecule has 1 heterocycles. The summed E-state index contributed by atoms with van der Waals surface area (Å²) in [6.07, 6.45) is 0. The van der Waals surface area contributed by atoms with E-state index in [4.69, 9.17) is 5.11 Å². The number of rotatable bonds is 2. The second-order valence-corrected chi connectivity index (χ2v) is 3.36. The van der Waals surface area contributed by atoms with E-state index in [1.807, 2.05) is 5.38 Å². The van der Waals surface area contributed by atoms with Crippen LogP contribution in [0.1, 0.15) is 13.8 Å². The smallest absolute Gasteiger partial charge is 0.173 e. The first kappa shape index (κ1) is 7.41. The van der Waals surface area contributed by atoms with Crippen molar-refractivity contribution in [3.05, 3.63) is 11.4 Å². The van der Waals surface area contributed by atoms with Gasteiger partial charge in [-0.05, 0) is 13.8 Å². The maximum atomic E-state index is 8.94. The first-order chi connectivity index (χ1) is 4.68. The van der Waals surface area contributed by atoms with Gasteiger partial charge in [0, 0.05) is 23.2 Å². The molecule has 0 aliphatic rings. The molecule has 10 heavy (non-hydrogen) atoms. The average molecular weight is 157 g/mol. The van der Waals surface area contributed by atoms with Gasteiger partial charge in [0.2, 0.25) is 0 Å². The predicted molar refractivity (Wildman–Crippen MR) is 44.7 cm³/mol. The molecule has 0 radical (unpaired) electrons. The highest BCUT2D eigenvalue weighted by Gasteiger charge is 1.97. The van der Waals surface area contributed by atoms with Crippen LogP contribution in [0.5, 0.6) is 5.06 Å². The van der Waals surface area contributed by atoms with Crippen LogP contribution < -0.4 is 5.32 Å². The van der Waals surface area contributed by atoms with Crippen molar-refractivity contribution in [3.8, 4) is 5.06 Å². The molecule has 0 bridgehead atoms. The minimum atomic E-state index is 0.364. The number of hydrogen-bond donors (Lipinski definition) is 2. The van der Waals surface area contributed by atoms with Crippen LogP contribution in [-0.4, -0.2) is 11.1 Å². The molecule has 0 aromatic carbocycles. The van der Waals surface area contributed by atoms with Gasteiger partial charge in [0.1, 0.15) is 0 Å². The molecule has 0 fully saturated rings. The van der Waals surface area contributed by atoms with Crippen LogP contribution in [0.4, 0.5) is 5.69 Å². The van der Waals surface area contributed by atoms with Crippen LogP contribution >= 0.6 is 11.3 Å². The second-order valence-electron chi connectivity index (χ2n) is 2.47. The van der Waals surface area contributed by atoms with E-state index >= 15 is 0 Å². The quantitative estimate of drug-likeness (QED) is 0.690. The van der Waals surface area contributed by atoms with Gasteiger partial charge >= 0.3 is 0 Å². The van der Waals surface area contributed by atoms with E-state index in [0.717, 1.165) is 5.69 Å². The van der Waals surface area contributed by atoms with E-state index in [-0.39, 0.29) is 0 Å². The summed E-state index contributed by atoms with van der Waals surface area (Å²) in [5, 5.41) is 14.4. The Morgan fingerprint density at radius 3 is 2.70 bits per heavy atom. The fraction of sp³-hybridized carbons (Fsp3) is 0.429. The van der Waals surface area contributed by atoms with Gasteiger partial charge in [-0.1, -0.05) is 0 Å². The van der Waals surface area contributed by atoms with Crippen molar-refractivity contribution >= 4 is 17.0 Å². The SMILES string of the molecule is CC(C)Nc1csc(O)c1. The first-order valence-electron chi connectivity index (χ1n) is 3.22. The third-order valence-corrected chi connectivity index (χ3v) is 1.77. The number of thiophene rings is 1. The molecule has 3 heteroatoms. The van der Waals surface area contributed by atoms with Gasteiger partial charge in [-0.3, -0.25) is 0 Å². The van der Waals surface area contributed by atoms with Gasteiger partial charge in [-0.2, -0.15) is 0 Å². The van der Waals surface area contributed by atoms with Crippen molar-refractivity contribution in [2.45, 2.75) is 19.9 Å². The monoisotopic (exact) mass is 157 g/mol. The molecule has 0 aliphatic carbocycles. The highest BCUT2D eigenvalue weighted by atomic mass is 32.1. The molecule has 1 aromatic rings. The van der Waals surface area contributed by atoms with Crippen molar-refractivity contribution in [3.63, 3.8) is 0 Å². The van der Waals surface area contributed by atoms with Crippen LogP contribution in [0.15, 0.2) is 11.4 Å². The largest absolute Gasteiger partial charge is 0.499 e. The Hall–Kier alpha value is -0.700. The Kier molecular flexibility index (Phi) is 2.17. The minimum absolute atomic E-state index is 0.364. The van der Waals surface area contributed by atoms with Gasteiger partial charge in [0.05, 0.1) is 0 Å². The molecule has 2 nitrogen and oxygen atoms in total. The number of anilines is 1. The van der Waals surface area contributed by atoms with Gasteiger partial charge in [0.15, 0.2) is 5.06 Å². The zero-order valence-corrected chi connectivity index (χ0v) is 6.90. The highest BCUT2D eigenvalue weighted by molar-refractivity contribution is 7.12. The van der Waals surface area contributed by atoms with E-state index in [0.29, 0.717) is 11.1 Å². The molecule has 0 spiro atoms. The second kappa shape index (κ2) is 2.92. The van der Waals surface area contributed by atoms with E-state index in [2.05, 4.69) is 19.2 Å². The lowest BCUT2D eigenvalue weighted by molar-refractivity contribution is 0.491. The summed E-state index contributed by atoms with van der Waals surface area (Å²) in [6, 6.07) is 2.15. The third kappa shape index (κ3) is 1.92. The molecule has 0 amide bonds. The Morgan fingerprint density at radius 1 is 1.60 bits per heavy atom. The lowest BCUT2D eigenvalue weighted by atomic mass is 10.4. The molecule has 1 aromatic heterocycles. The van der Waals surface area contributed by atoms with Crippen LogP contribution in [0.2, 0.25) is 0 Å². The summed E-state index contributed by atoms with van der Waals surface area (Å²) in [5.41, 5.74) is 0.998. The summed E-state index contributed by atoms with van der Waals surface area (Å²) in [5.74, 6) is 0. The number of hydrogen-bond acceptors (Lipinski definition) is 3. The topological polar surface area (TPSA) is 32.3 Å². The molecule has 2 N–H and O–H groups in total.